The maximum absolute atomic E-state index is 10.6. The van der Waals surface area contributed by atoms with E-state index >= 15 is 0 Å². The van der Waals surface area contributed by atoms with Gasteiger partial charge < -0.3 is 10.0 Å². The van der Waals surface area contributed by atoms with Crippen LogP contribution in [0.4, 0.5) is 5.95 Å². The number of nitrogens with zero attached hydrogens (tertiary/aromatic N) is 4. The molecule has 1 aliphatic rings. The Kier molecular flexibility index (Phi) is 4.11. The molecule has 2 heterocycles. The van der Waals surface area contributed by atoms with Gasteiger partial charge in [-0.25, -0.2) is 0 Å². The Balaban J connectivity index is 2.12. The molecule has 100 valence electrons. The molecule has 0 aromatic carbocycles. The van der Waals surface area contributed by atoms with Gasteiger partial charge in [0.25, 0.3) is 0 Å². The molecule has 0 aliphatic carbocycles. The standard InChI is InChI=1S/C11H18N4O2S/c1-3-8-5-4-6-15(8)10-12-13-11(14(10)2)18-7-9(16)17/h8H,3-7H2,1-2H3,(H,16,17). The van der Waals surface area contributed by atoms with Gasteiger partial charge in [0, 0.05) is 19.6 Å². The summed E-state index contributed by atoms with van der Waals surface area (Å²) >= 11 is 1.21. The van der Waals surface area contributed by atoms with Gasteiger partial charge in [-0.2, -0.15) is 0 Å². The number of rotatable bonds is 5. The van der Waals surface area contributed by atoms with Gasteiger partial charge in [-0.05, 0) is 19.3 Å². The van der Waals surface area contributed by atoms with Crippen molar-refractivity contribution in [2.24, 2.45) is 7.05 Å². The lowest BCUT2D eigenvalue weighted by molar-refractivity contribution is -0.133. The fraction of sp³-hybridized carbons (Fsp3) is 0.727. The van der Waals surface area contributed by atoms with E-state index in [1.165, 1.54) is 24.6 Å². The molecule has 1 aliphatic heterocycles. The molecular weight excluding hydrogens is 252 g/mol. The van der Waals surface area contributed by atoms with Crippen LogP contribution in [-0.2, 0) is 11.8 Å². The van der Waals surface area contributed by atoms with Crippen molar-refractivity contribution in [1.29, 1.82) is 0 Å². The molecule has 6 nitrogen and oxygen atoms in total. The molecule has 7 heteroatoms. The topological polar surface area (TPSA) is 71.2 Å². The highest BCUT2D eigenvalue weighted by Gasteiger charge is 2.27. The summed E-state index contributed by atoms with van der Waals surface area (Å²) in [6, 6.07) is 0.533. The first kappa shape index (κ1) is 13.2. The summed E-state index contributed by atoms with van der Waals surface area (Å²) in [5.41, 5.74) is 0. The largest absolute Gasteiger partial charge is 0.481 e. The Morgan fingerprint density at radius 3 is 3.00 bits per heavy atom. The first-order valence-corrected chi connectivity index (χ1v) is 7.12. The smallest absolute Gasteiger partial charge is 0.313 e. The number of aromatic nitrogens is 3. The number of carbonyl (C=O) groups is 1. The summed E-state index contributed by atoms with van der Waals surface area (Å²) in [4.78, 5) is 12.8. The maximum atomic E-state index is 10.6. The number of thioether (sulfide) groups is 1. The number of aliphatic carboxylic acids is 1. The SMILES string of the molecule is CCC1CCCN1c1nnc(SCC(=O)O)n1C. The summed E-state index contributed by atoms with van der Waals surface area (Å²) in [5.74, 6) is 0.0350. The van der Waals surface area contributed by atoms with Crippen molar-refractivity contribution in [3.8, 4) is 0 Å². The van der Waals surface area contributed by atoms with Crippen LogP contribution in [0.15, 0.2) is 5.16 Å². The van der Waals surface area contributed by atoms with E-state index in [0.29, 0.717) is 11.2 Å². The van der Waals surface area contributed by atoms with Crippen molar-refractivity contribution in [3.63, 3.8) is 0 Å². The average molecular weight is 270 g/mol. The molecule has 1 unspecified atom stereocenters. The second-order valence-electron chi connectivity index (χ2n) is 4.42. The monoisotopic (exact) mass is 270 g/mol. The van der Waals surface area contributed by atoms with Gasteiger partial charge in [0.15, 0.2) is 5.16 Å². The minimum atomic E-state index is -0.836. The first-order chi connectivity index (χ1) is 8.63. The third kappa shape index (κ3) is 2.60. The lowest BCUT2D eigenvalue weighted by Gasteiger charge is -2.23. The lowest BCUT2D eigenvalue weighted by Crippen LogP contribution is -2.30. The molecule has 1 saturated heterocycles. The number of hydrogen-bond donors (Lipinski definition) is 1. The molecule has 1 N–H and O–H groups in total. The van der Waals surface area contributed by atoms with Crippen molar-refractivity contribution < 1.29 is 9.90 Å². The van der Waals surface area contributed by atoms with Crippen LogP contribution in [0.25, 0.3) is 0 Å². The fourth-order valence-electron chi connectivity index (χ4n) is 2.33. The van der Waals surface area contributed by atoms with Crippen molar-refractivity contribution in [3.05, 3.63) is 0 Å². The van der Waals surface area contributed by atoms with Crippen LogP contribution in [-0.4, -0.2) is 44.2 Å². The van der Waals surface area contributed by atoms with E-state index < -0.39 is 5.97 Å². The predicted molar refractivity (Wildman–Crippen MR) is 70.0 cm³/mol. The quantitative estimate of drug-likeness (QED) is 0.815. The van der Waals surface area contributed by atoms with E-state index in [0.717, 1.165) is 18.9 Å². The summed E-state index contributed by atoms with van der Waals surface area (Å²) in [6.07, 6.45) is 3.48. The highest BCUT2D eigenvalue weighted by molar-refractivity contribution is 7.99. The Morgan fingerprint density at radius 2 is 2.33 bits per heavy atom. The second kappa shape index (κ2) is 5.60. The van der Waals surface area contributed by atoms with Gasteiger partial charge >= 0.3 is 5.97 Å². The van der Waals surface area contributed by atoms with Gasteiger partial charge in [0.2, 0.25) is 5.95 Å². The van der Waals surface area contributed by atoms with E-state index in [1.54, 1.807) is 0 Å². The molecule has 0 amide bonds. The Hall–Kier alpha value is -1.24. The molecule has 0 radical (unpaired) electrons. The zero-order valence-electron chi connectivity index (χ0n) is 10.7. The van der Waals surface area contributed by atoms with Gasteiger partial charge in [-0.1, -0.05) is 18.7 Å². The first-order valence-electron chi connectivity index (χ1n) is 6.14. The van der Waals surface area contributed by atoms with Crippen LogP contribution in [0.2, 0.25) is 0 Å². The Bertz CT molecular complexity index is 435. The zero-order chi connectivity index (χ0) is 13.1. The second-order valence-corrected chi connectivity index (χ2v) is 5.36. The molecule has 1 aromatic heterocycles. The third-order valence-electron chi connectivity index (χ3n) is 3.24. The fourth-order valence-corrected chi connectivity index (χ4v) is 2.96. The number of anilines is 1. The molecule has 18 heavy (non-hydrogen) atoms. The van der Waals surface area contributed by atoms with Gasteiger partial charge in [0.1, 0.15) is 0 Å². The van der Waals surface area contributed by atoms with Crippen LogP contribution in [0, 0.1) is 0 Å². The molecule has 0 spiro atoms. The van der Waals surface area contributed by atoms with Crippen LogP contribution < -0.4 is 4.90 Å². The van der Waals surface area contributed by atoms with E-state index in [-0.39, 0.29) is 5.75 Å². The molecular formula is C11H18N4O2S. The summed E-state index contributed by atoms with van der Waals surface area (Å²) in [7, 11) is 1.89. The normalized spacial score (nSPS) is 19.4. The van der Waals surface area contributed by atoms with Crippen molar-refractivity contribution in [2.75, 3.05) is 17.2 Å². The van der Waals surface area contributed by atoms with E-state index in [1.807, 2.05) is 11.6 Å². The predicted octanol–water partition coefficient (Wildman–Crippen LogP) is 1.37. The molecule has 1 aromatic rings. The lowest BCUT2D eigenvalue weighted by atomic mass is 10.2. The molecule has 0 saturated carbocycles. The van der Waals surface area contributed by atoms with Crippen LogP contribution >= 0.6 is 11.8 Å². The van der Waals surface area contributed by atoms with E-state index in [2.05, 4.69) is 22.0 Å². The van der Waals surface area contributed by atoms with Gasteiger partial charge in [0.05, 0.1) is 5.75 Å². The van der Waals surface area contributed by atoms with Crippen LogP contribution in [0.1, 0.15) is 26.2 Å². The van der Waals surface area contributed by atoms with Crippen molar-refractivity contribution in [2.45, 2.75) is 37.4 Å². The van der Waals surface area contributed by atoms with Crippen LogP contribution in [0.3, 0.4) is 0 Å². The maximum Gasteiger partial charge on any atom is 0.313 e. The highest BCUT2D eigenvalue weighted by atomic mass is 32.2. The number of carboxylic acid groups (broad SMARTS) is 1. The summed E-state index contributed by atoms with van der Waals surface area (Å²) in [5, 5.41) is 17.6. The van der Waals surface area contributed by atoms with Crippen molar-refractivity contribution >= 4 is 23.7 Å². The number of carboxylic acids is 1. The van der Waals surface area contributed by atoms with Crippen molar-refractivity contribution in [1.82, 2.24) is 14.8 Å². The third-order valence-corrected chi connectivity index (χ3v) is 4.25. The Labute approximate surface area is 110 Å². The number of hydrogen-bond acceptors (Lipinski definition) is 5. The summed E-state index contributed by atoms with van der Waals surface area (Å²) < 4.78 is 1.89. The molecule has 1 atom stereocenters. The van der Waals surface area contributed by atoms with E-state index in [4.69, 9.17) is 5.11 Å². The van der Waals surface area contributed by atoms with Gasteiger partial charge in [-0.3, -0.25) is 9.36 Å². The Morgan fingerprint density at radius 1 is 1.56 bits per heavy atom. The highest BCUT2D eigenvalue weighted by Crippen LogP contribution is 2.27. The average Bonchev–Trinajstić information content (AvgIpc) is 2.92. The molecule has 1 fully saturated rings. The molecule has 0 bridgehead atoms. The van der Waals surface area contributed by atoms with Crippen LogP contribution in [0.5, 0.6) is 0 Å². The zero-order valence-corrected chi connectivity index (χ0v) is 11.5. The van der Waals surface area contributed by atoms with Gasteiger partial charge in [-0.15, -0.1) is 10.2 Å². The van der Waals surface area contributed by atoms with E-state index in [9.17, 15) is 4.79 Å². The minimum Gasteiger partial charge on any atom is -0.481 e. The summed E-state index contributed by atoms with van der Waals surface area (Å²) in [6.45, 7) is 3.19. The minimum absolute atomic E-state index is 0.0170. The molecule has 2 rings (SSSR count).